The Morgan fingerprint density at radius 2 is 2.00 bits per heavy atom. The number of nitrogens with one attached hydrogen (secondary N) is 1. The highest BCUT2D eigenvalue weighted by molar-refractivity contribution is 6.32. The Morgan fingerprint density at radius 1 is 1.29 bits per heavy atom. The first-order valence-corrected chi connectivity index (χ1v) is 5.47. The number of allylic oxidation sites excluding steroid dienone is 1. The van der Waals surface area contributed by atoms with Gasteiger partial charge in [0.1, 0.15) is 5.57 Å². The first kappa shape index (κ1) is 11.7. The minimum absolute atomic E-state index is 0.185. The van der Waals surface area contributed by atoms with E-state index in [4.69, 9.17) is 11.6 Å². The Balaban J connectivity index is 2.41. The lowest BCUT2D eigenvalue weighted by molar-refractivity contribution is -0.117. The van der Waals surface area contributed by atoms with E-state index in [0.29, 0.717) is 16.3 Å². The molecule has 1 aromatic rings. The summed E-state index contributed by atoms with van der Waals surface area (Å²) in [5, 5.41) is 1.71. The van der Waals surface area contributed by atoms with Gasteiger partial charge in [0.2, 0.25) is 0 Å². The number of halogens is 1. The molecule has 1 heterocycles. The molecule has 0 radical (unpaired) electrons. The number of carbonyl (C=O) groups is 2. The van der Waals surface area contributed by atoms with E-state index in [1.807, 2.05) is 0 Å². The van der Waals surface area contributed by atoms with Crippen molar-refractivity contribution >= 4 is 29.1 Å². The largest absolute Gasteiger partial charge is 0.282 e. The van der Waals surface area contributed by atoms with Gasteiger partial charge in [0.05, 0.1) is 5.69 Å². The fourth-order valence-corrected chi connectivity index (χ4v) is 1.84. The van der Waals surface area contributed by atoms with Crippen LogP contribution in [-0.4, -0.2) is 11.8 Å². The second kappa shape index (κ2) is 4.22. The maximum Gasteiger partial charge on any atom is 0.282 e. The molecule has 0 aliphatic carbocycles. The second-order valence-electron chi connectivity index (χ2n) is 3.94. The average Bonchev–Trinajstić information content (AvgIpc) is 2.54. The molecule has 1 fully saturated rings. The molecule has 0 aromatic heterocycles. The fourth-order valence-electron chi connectivity index (χ4n) is 1.66. The van der Waals surface area contributed by atoms with Gasteiger partial charge in [-0.2, -0.15) is 0 Å². The van der Waals surface area contributed by atoms with Gasteiger partial charge in [0.25, 0.3) is 11.8 Å². The number of rotatable bonds is 1. The molecule has 2 amide bonds. The minimum atomic E-state index is -0.380. The third-order valence-corrected chi connectivity index (χ3v) is 2.66. The number of hydrogen-bond acceptors (Lipinski definition) is 2. The standard InChI is InChI=1S/C12H11ClN2O2/c1-7(2)10-11(16)14-15(12(10)17)9-5-3-4-8(13)6-9/h3-6H,1-2H3,(H,14,16). The highest BCUT2D eigenvalue weighted by Gasteiger charge is 2.35. The van der Waals surface area contributed by atoms with Gasteiger partial charge in [-0.15, -0.1) is 0 Å². The summed E-state index contributed by atoms with van der Waals surface area (Å²) in [5.74, 6) is -0.729. The van der Waals surface area contributed by atoms with Gasteiger partial charge < -0.3 is 0 Å². The van der Waals surface area contributed by atoms with Crippen LogP contribution in [0, 0.1) is 0 Å². The summed E-state index contributed by atoms with van der Waals surface area (Å²) in [4.78, 5) is 23.6. The van der Waals surface area contributed by atoms with Crippen LogP contribution in [0.15, 0.2) is 35.4 Å². The number of benzene rings is 1. The van der Waals surface area contributed by atoms with Gasteiger partial charge in [0, 0.05) is 5.02 Å². The lowest BCUT2D eigenvalue weighted by Gasteiger charge is -2.14. The first-order chi connectivity index (χ1) is 8.00. The summed E-state index contributed by atoms with van der Waals surface area (Å²) in [6, 6.07) is 6.75. The van der Waals surface area contributed by atoms with Crippen LogP contribution < -0.4 is 10.4 Å². The second-order valence-corrected chi connectivity index (χ2v) is 4.37. The lowest BCUT2D eigenvalue weighted by atomic mass is 10.1. The molecule has 1 N–H and O–H groups in total. The number of hydrogen-bond donors (Lipinski definition) is 1. The molecule has 2 rings (SSSR count). The predicted molar refractivity (Wildman–Crippen MR) is 65.5 cm³/mol. The van der Waals surface area contributed by atoms with E-state index < -0.39 is 0 Å². The Bertz CT molecular complexity index is 533. The van der Waals surface area contributed by atoms with Crippen molar-refractivity contribution in [3.8, 4) is 0 Å². The maximum atomic E-state index is 12.0. The van der Waals surface area contributed by atoms with Gasteiger partial charge in [-0.25, -0.2) is 5.01 Å². The minimum Gasteiger partial charge on any atom is -0.267 e. The van der Waals surface area contributed by atoms with Crippen LogP contribution >= 0.6 is 11.6 Å². The third-order valence-electron chi connectivity index (χ3n) is 2.42. The molecular formula is C12H11ClN2O2. The molecule has 0 bridgehead atoms. The highest BCUT2D eigenvalue weighted by atomic mass is 35.5. The molecule has 0 atom stereocenters. The number of hydrazine groups is 1. The number of anilines is 1. The monoisotopic (exact) mass is 250 g/mol. The van der Waals surface area contributed by atoms with Crippen LogP contribution in [0.25, 0.3) is 0 Å². The van der Waals surface area contributed by atoms with Crippen LogP contribution in [-0.2, 0) is 9.59 Å². The Labute approximate surface area is 104 Å². The molecule has 0 unspecified atom stereocenters. The fraction of sp³-hybridized carbons (Fsp3) is 0.167. The molecule has 5 heteroatoms. The smallest absolute Gasteiger partial charge is 0.267 e. The van der Waals surface area contributed by atoms with Crippen molar-refractivity contribution in [3.63, 3.8) is 0 Å². The number of nitrogens with zero attached hydrogens (tertiary/aromatic N) is 1. The summed E-state index contributed by atoms with van der Waals surface area (Å²) in [7, 11) is 0. The Kier molecular flexibility index (Phi) is 2.90. The zero-order chi connectivity index (χ0) is 12.6. The predicted octanol–water partition coefficient (Wildman–Crippen LogP) is 2.05. The number of carbonyl (C=O) groups excluding carboxylic acids is 2. The molecule has 1 aromatic carbocycles. The normalized spacial score (nSPS) is 15.2. The lowest BCUT2D eigenvalue weighted by Crippen LogP contribution is -2.35. The number of amides is 2. The van der Waals surface area contributed by atoms with Gasteiger partial charge in [-0.1, -0.05) is 23.2 Å². The van der Waals surface area contributed by atoms with Crippen molar-refractivity contribution in [2.45, 2.75) is 13.8 Å². The van der Waals surface area contributed by atoms with Gasteiger partial charge >= 0.3 is 0 Å². The van der Waals surface area contributed by atoms with Crippen molar-refractivity contribution in [3.05, 3.63) is 40.4 Å². The van der Waals surface area contributed by atoms with Crippen LogP contribution in [0.2, 0.25) is 5.02 Å². The first-order valence-electron chi connectivity index (χ1n) is 5.09. The summed E-state index contributed by atoms with van der Waals surface area (Å²) in [6.45, 7) is 3.46. The van der Waals surface area contributed by atoms with Crippen molar-refractivity contribution in [1.82, 2.24) is 5.43 Å². The van der Waals surface area contributed by atoms with Crippen LogP contribution in [0.1, 0.15) is 13.8 Å². The summed E-state index contributed by atoms with van der Waals surface area (Å²) in [5.41, 5.74) is 3.93. The third kappa shape index (κ3) is 2.03. The zero-order valence-corrected chi connectivity index (χ0v) is 10.2. The van der Waals surface area contributed by atoms with E-state index in [1.165, 1.54) is 5.01 Å². The molecule has 4 nitrogen and oxygen atoms in total. The highest BCUT2D eigenvalue weighted by Crippen LogP contribution is 2.23. The quantitative estimate of drug-likeness (QED) is 0.613. The molecule has 0 saturated carbocycles. The average molecular weight is 251 g/mol. The Morgan fingerprint density at radius 3 is 2.53 bits per heavy atom. The Hall–Kier alpha value is -1.81. The molecule has 88 valence electrons. The summed E-state index contributed by atoms with van der Waals surface area (Å²) >= 11 is 5.84. The van der Waals surface area contributed by atoms with Crippen molar-refractivity contribution in [1.29, 1.82) is 0 Å². The van der Waals surface area contributed by atoms with E-state index in [1.54, 1.807) is 38.1 Å². The topological polar surface area (TPSA) is 49.4 Å². The molecule has 0 spiro atoms. The van der Waals surface area contributed by atoms with E-state index >= 15 is 0 Å². The van der Waals surface area contributed by atoms with Gasteiger partial charge in [-0.05, 0) is 32.0 Å². The van der Waals surface area contributed by atoms with Crippen LogP contribution in [0.5, 0.6) is 0 Å². The summed E-state index contributed by atoms with van der Waals surface area (Å²) in [6.07, 6.45) is 0. The maximum absolute atomic E-state index is 12.0. The van der Waals surface area contributed by atoms with Crippen molar-refractivity contribution < 1.29 is 9.59 Å². The molecular weight excluding hydrogens is 240 g/mol. The molecule has 1 aliphatic heterocycles. The molecule has 1 saturated heterocycles. The van der Waals surface area contributed by atoms with Gasteiger partial charge in [0.15, 0.2) is 0 Å². The van der Waals surface area contributed by atoms with Crippen molar-refractivity contribution in [2.75, 3.05) is 5.01 Å². The van der Waals surface area contributed by atoms with Crippen LogP contribution in [0.4, 0.5) is 5.69 Å². The van der Waals surface area contributed by atoms with Crippen molar-refractivity contribution in [2.24, 2.45) is 0 Å². The molecule has 1 aliphatic rings. The molecule has 17 heavy (non-hydrogen) atoms. The zero-order valence-electron chi connectivity index (χ0n) is 9.45. The van der Waals surface area contributed by atoms with Crippen LogP contribution in [0.3, 0.4) is 0 Å². The van der Waals surface area contributed by atoms with E-state index in [-0.39, 0.29) is 17.4 Å². The van der Waals surface area contributed by atoms with Gasteiger partial charge in [-0.3, -0.25) is 15.0 Å². The summed E-state index contributed by atoms with van der Waals surface area (Å²) < 4.78 is 0. The van der Waals surface area contributed by atoms with E-state index in [0.717, 1.165) is 0 Å². The van der Waals surface area contributed by atoms with E-state index in [9.17, 15) is 9.59 Å². The SMILES string of the molecule is CC(C)=C1C(=O)NN(c2cccc(Cl)c2)C1=O. The van der Waals surface area contributed by atoms with E-state index in [2.05, 4.69) is 5.43 Å².